The van der Waals surface area contributed by atoms with E-state index in [1.54, 1.807) is 0 Å². The molecule has 0 radical (unpaired) electrons. The van der Waals surface area contributed by atoms with Gasteiger partial charge in [0.15, 0.2) is 0 Å². The van der Waals surface area contributed by atoms with Crippen molar-refractivity contribution in [3.05, 3.63) is 53.9 Å². The van der Waals surface area contributed by atoms with Crippen LogP contribution in [0.15, 0.2) is 42.7 Å². The van der Waals surface area contributed by atoms with E-state index < -0.39 is 0 Å². The molecule has 2 fully saturated rings. The van der Waals surface area contributed by atoms with Gasteiger partial charge in [-0.05, 0) is 24.0 Å². The smallest absolute Gasteiger partial charge is 0.225 e. The minimum absolute atomic E-state index is 0.170. The molecule has 21 heavy (non-hydrogen) atoms. The van der Waals surface area contributed by atoms with Crippen LogP contribution in [0.5, 0.6) is 0 Å². The Hall–Kier alpha value is -1.94. The van der Waals surface area contributed by atoms with Gasteiger partial charge in [0.2, 0.25) is 5.95 Å². The van der Waals surface area contributed by atoms with Crippen molar-refractivity contribution in [1.29, 1.82) is 0 Å². The summed E-state index contributed by atoms with van der Waals surface area (Å²) in [4.78, 5) is 11.5. The molecular weight excluding hydrogens is 260 g/mol. The third-order valence-electron chi connectivity index (χ3n) is 4.67. The molecule has 4 heteroatoms. The molecule has 0 unspecified atom stereocenters. The first-order valence-electron chi connectivity index (χ1n) is 7.72. The fourth-order valence-corrected chi connectivity index (χ4v) is 3.22. The monoisotopic (exact) mass is 280 g/mol. The Morgan fingerprint density at radius 1 is 0.905 bits per heavy atom. The molecule has 4 nitrogen and oxygen atoms in total. The average Bonchev–Trinajstić information content (AvgIpc) is 3.39. The maximum absolute atomic E-state index is 4.62. The summed E-state index contributed by atoms with van der Waals surface area (Å²) in [6.45, 7) is 4.00. The number of hydrogen-bond acceptors (Lipinski definition) is 4. The summed E-state index contributed by atoms with van der Waals surface area (Å²) in [7, 11) is 0. The van der Waals surface area contributed by atoms with Gasteiger partial charge in [0, 0.05) is 44.0 Å². The molecule has 1 aromatic heterocycles. The molecule has 0 amide bonds. The lowest BCUT2D eigenvalue weighted by atomic mass is 9.90. The van der Waals surface area contributed by atoms with E-state index in [1.165, 1.54) is 24.0 Å². The van der Waals surface area contributed by atoms with Crippen molar-refractivity contribution in [2.24, 2.45) is 0 Å². The molecule has 1 aromatic carbocycles. The van der Waals surface area contributed by atoms with Gasteiger partial charge in [-0.15, -0.1) is 0 Å². The van der Waals surface area contributed by atoms with Gasteiger partial charge in [0.05, 0.1) is 0 Å². The maximum atomic E-state index is 4.62. The first kappa shape index (κ1) is 12.8. The van der Waals surface area contributed by atoms with E-state index >= 15 is 0 Å². The molecule has 2 aromatic rings. The van der Waals surface area contributed by atoms with Crippen LogP contribution < -0.4 is 10.2 Å². The topological polar surface area (TPSA) is 41.1 Å². The predicted octanol–water partition coefficient (Wildman–Crippen LogP) is 1.97. The van der Waals surface area contributed by atoms with Crippen LogP contribution in [0.3, 0.4) is 0 Å². The van der Waals surface area contributed by atoms with E-state index in [9.17, 15) is 0 Å². The first-order valence-corrected chi connectivity index (χ1v) is 7.72. The SMILES string of the molecule is c1ccc(C2(c3cnc(N4CCNCC4)nc3)CC2)cc1. The number of nitrogens with one attached hydrogen (secondary N) is 1. The maximum Gasteiger partial charge on any atom is 0.225 e. The van der Waals surface area contributed by atoms with Crippen LogP contribution in [-0.2, 0) is 5.41 Å². The summed E-state index contributed by atoms with van der Waals surface area (Å²) in [5, 5.41) is 3.35. The Labute approximate surface area is 125 Å². The molecule has 108 valence electrons. The van der Waals surface area contributed by atoms with Crippen molar-refractivity contribution in [3.8, 4) is 0 Å². The van der Waals surface area contributed by atoms with Crippen LogP contribution in [0.1, 0.15) is 24.0 Å². The van der Waals surface area contributed by atoms with E-state index in [2.05, 4.69) is 50.5 Å². The zero-order valence-electron chi connectivity index (χ0n) is 12.1. The number of anilines is 1. The largest absolute Gasteiger partial charge is 0.338 e. The Bertz CT molecular complexity index is 598. The molecule has 4 rings (SSSR count). The normalized spacial score (nSPS) is 20.3. The van der Waals surface area contributed by atoms with Gasteiger partial charge >= 0.3 is 0 Å². The van der Waals surface area contributed by atoms with E-state index in [1.807, 2.05) is 12.4 Å². The van der Waals surface area contributed by atoms with Gasteiger partial charge in [-0.3, -0.25) is 0 Å². The zero-order valence-corrected chi connectivity index (χ0v) is 12.1. The Morgan fingerprint density at radius 3 is 2.19 bits per heavy atom. The molecule has 1 saturated heterocycles. The highest BCUT2D eigenvalue weighted by molar-refractivity contribution is 5.44. The van der Waals surface area contributed by atoms with E-state index in [4.69, 9.17) is 0 Å². The number of hydrogen-bond donors (Lipinski definition) is 1. The van der Waals surface area contributed by atoms with Crippen LogP contribution in [0.4, 0.5) is 5.95 Å². The van der Waals surface area contributed by atoms with E-state index in [0.717, 1.165) is 32.1 Å². The highest BCUT2D eigenvalue weighted by atomic mass is 15.3. The van der Waals surface area contributed by atoms with Crippen molar-refractivity contribution in [1.82, 2.24) is 15.3 Å². The van der Waals surface area contributed by atoms with Crippen molar-refractivity contribution in [2.75, 3.05) is 31.1 Å². The molecule has 1 aliphatic heterocycles. The molecule has 0 spiro atoms. The van der Waals surface area contributed by atoms with Crippen molar-refractivity contribution >= 4 is 5.95 Å². The molecule has 2 heterocycles. The number of nitrogens with zero attached hydrogens (tertiary/aromatic N) is 3. The fraction of sp³-hybridized carbons (Fsp3) is 0.412. The Kier molecular flexibility index (Phi) is 3.11. The molecule has 1 N–H and O–H groups in total. The van der Waals surface area contributed by atoms with Gasteiger partial charge in [0.1, 0.15) is 0 Å². The van der Waals surface area contributed by atoms with Crippen molar-refractivity contribution < 1.29 is 0 Å². The van der Waals surface area contributed by atoms with Crippen LogP contribution in [-0.4, -0.2) is 36.1 Å². The van der Waals surface area contributed by atoms with Crippen LogP contribution in [0.25, 0.3) is 0 Å². The minimum atomic E-state index is 0.170. The van der Waals surface area contributed by atoms with Gasteiger partial charge in [-0.1, -0.05) is 30.3 Å². The van der Waals surface area contributed by atoms with Gasteiger partial charge < -0.3 is 10.2 Å². The Morgan fingerprint density at radius 2 is 1.57 bits per heavy atom. The second-order valence-electron chi connectivity index (χ2n) is 5.96. The minimum Gasteiger partial charge on any atom is -0.338 e. The molecular formula is C17H20N4. The standard InChI is InChI=1S/C17H20N4/c1-2-4-14(5-3-1)17(6-7-17)15-12-19-16(20-13-15)21-10-8-18-9-11-21/h1-5,12-13,18H,6-11H2. The number of benzene rings is 1. The van der Waals surface area contributed by atoms with Crippen LogP contribution in [0.2, 0.25) is 0 Å². The molecule has 0 atom stereocenters. The highest BCUT2D eigenvalue weighted by Crippen LogP contribution is 2.53. The molecule has 0 bridgehead atoms. The Balaban J connectivity index is 1.59. The molecule has 1 saturated carbocycles. The van der Waals surface area contributed by atoms with Crippen molar-refractivity contribution in [3.63, 3.8) is 0 Å². The summed E-state index contributed by atoms with van der Waals surface area (Å²) in [5.41, 5.74) is 2.82. The summed E-state index contributed by atoms with van der Waals surface area (Å²) in [6, 6.07) is 10.7. The second kappa shape index (κ2) is 5.11. The summed E-state index contributed by atoms with van der Waals surface area (Å²) in [6.07, 6.45) is 6.47. The lowest BCUT2D eigenvalue weighted by Crippen LogP contribution is -2.44. The van der Waals surface area contributed by atoms with Gasteiger partial charge in [-0.25, -0.2) is 9.97 Å². The lowest BCUT2D eigenvalue weighted by Gasteiger charge is -2.27. The van der Waals surface area contributed by atoms with Gasteiger partial charge in [-0.2, -0.15) is 0 Å². The molecule has 2 aliphatic rings. The fourth-order valence-electron chi connectivity index (χ4n) is 3.22. The zero-order chi connectivity index (χ0) is 14.1. The number of aromatic nitrogens is 2. The van der Waals surface area contributed by atoms with Crippen LogP contribution >= 0.6 is 0 Å². The lowest BCUT2D eigenvalue weighted by molar-refractivity contribution is 0.579. The summed E-state index contributed by atoms with van der Waals surface area (Å²) < 4.78 is 0. The third-order valence-corrected chi connectivity index (χ3v) is 4.67. The average molecular weight is 280 g/mol. The highest BCUT2D eigenvalue weighted by Gasteiger charge is 2.46. The van der Waals surface area contributed by atoms with Gasteiger partial charge in [0.25, 0.3) is 0 Å². The summed E-state index contributed by atoms with van der Waals surface area (Å²) >= 11 is 0. The summed E-state index contributed by atoms with van der Waals surface area (Å²) in [5.74, 6) is 0.865. The third kappa shape index (κ3) is 2.29. The number of rotatable bonds is 3. The first-order chi connectivity index (χ1) is 10.4. The second-order valence-corrected chi connectivity index (χ2v) is 5.96. The number of piperazine rings is 1. The van der Waals surface area contributed by atoms with Crippen LogP contribution in [0, 0.1) is 0 Å². The predicted molar refractivity (Wildman–Crippen MR) is 83.6 cm³/mol. The molecule has 1 aliphatic carbocycles. The van der Waals surface area contributed by atoms with Crippen molar-refractivity contribution in [2.45, 2.75) is 18.3 Å². The van der Waals surface area contributed by atoms with E-state index in [0.29, 0.717) is 0 Å². The quantitative estimate of drug-likeness (QED) is 0.933. The van der Waals surface area contributed by atoms with E-state index in [-0.39, 0.29) is 5.41 Å².